The van der Waals surface area contributed by atoms with Gasteiger partial charge in [-0.2, -0.15) is 10.5 Å². The van der Waals surface area contributed by atoms with E-state index in [0.717, 1.165) is 11.3 Å². The molecule has 0 fully saturated rings. The van der Waals surface area contributed by atoms with Crippen molar-refractivity contribution in [3.8, 4) is 29.0 Å². The van der Waals surface area contributed by atoms with Gasteiger partial charge in [0.25, 0.3) is 0 Å². The van der Waals surface area contributed by atoms with Crippen molar-refractivity contribution in [3.63, 3.8) is 0 Å². The van der Waals surface area contributed by atoms with Gasteiger partial charge in [0.2, 0.25) is 5.91 Å². The molecule has 36 heavy (non-hydrogen) atoms. The number of rotatable bonds is 9. The Labute approximate surface area is 216 Å². The molecule has 2 aromatic carbocycles. The number of amides is 1. The lowest BCUT2D eigenvalue weighted by Gasteiger charge is -2.18. The van der Waals surface area contributed by atoms with Crippen LogP contribution in [0.3, 0.4) is 0 Å². The first kappa shape index (κ1) is 26.6. The van der Waals surface area contributed by atoms with Crippen LogP contribution < -0.4 is 15.8 Å². The van der Waals surface area contributed by atoms with E-state index in [4.69, 9.17) is 10.5 Å². The first-order valence-corrected chi connectivity index (χ1v) is 12.6. The van der Waals surface area contributed by atoms with Gasteiger partial charge in [-0.25, -0.2) is 4.98 Å². The number of anilines is 2. The molecular formula is C28H29N5O2S. The summed E-state index contributed by atoms with van der Waals surface area (Å²) in [4.78, 5) is 17.4. The standard InChI is InChI=1S/C28H29N5O2S/c1-5-24(27(34)32-20-11-13-21(14-12-20)35-6-2)36-28-23(16-30)25(22(15-29)26(31)33-28)19-9-7-18(8-10-19)17(3)4/h7-14,17,24H,5-6H2,1-4H3,(H2,31,33)(H,32,34). The van der Waals surface area contributed by atoms with Gasteiger partial charge in [-0.15, -0.1) is 0 Å². The average Bonchev–Trinajstić information content (AvgIpc) is 2.88. The van der Waals surface area contributed by atoms with E-state index < -0.39 is 5.25 Å². The number of ether oxygens (including phenoxy) is 1. The Hall–Kier alpha value is -4.01. The van der Waals surface area contributed by atoms with Crippen LogP contribution in [0, 0.1) is 22.7 Å². The van der Waals surface area contributed by atoms with Gasteiger partial charge in [0, 0.05) is 11.3 Å². The highest BCUT2D eigenvalue weighted by atomic mass is 32.2. The summed E-state index contributed by atoms with van der Waals surface area (Å²) in [5, 5.41) is 22.6. The smallest absolute Gasteiger partial charge is 0.237 e. The van der Waals surface area contributed by atoms with E-state index in [1.165, 1.54) is 11.8 Å². The Morgan fingerprint density at radius 3 is 2.22 bits per heavy atom. The molecule has 0 spiro atoms. The van der Waals surface area contributed by atoms with Crippen LogP contribution in [0.1, 0.15) is 56.7 Å². The average molecular weight is 500 g/mol. The lowest BCUT2D eigenvalue weighted by Crippen LogP contribution is -2.25. The van der Waals surface area contributed by atoms with Gasteiger partial charge in [-0.1, -0.05) is 56.8 Å². The summed E-state index contributed by atoms with van der Waals surface area (Å²) < 4.78 is 5.44. The fourth-order valence-electron chi connectivity index (χ4n) is 3.69. The predicted octanol–water partition coefficient (Wildman–Crippen LogP) is 6.11. The number of nitrogen functional groups attached to an aromatic ring is 1. The van der Waals surface area contributed by atoms with Crippen LogP contribution in [-0.4, -0.2) is 22.7 Å². The van der Waals surface area contributed by atoms with Crippen LogP contribution in [-0.2, 0) is 4.79 Å². The number of nitrogens with two attached hydrogens (primary N) is 1. The van der Waals surface area contributed by atoms with Crippen LogP contribution in [0.2, 0.25) is 0 Å². The van der Waals surface area contributed by atoms with Gasteiger partial charge < -0.3 is 15.8 Å². The number of benzene rings is 2. The first-order valence-electron chi connectivity index (χ1n) is 11.8. The van der Waals surface area contributed by atoms with Crippen molar-refractivity contribution >= 4 is 29.2 Å². The Morgan fingerprint density at radius 1 is 1.06 bits per heavy atom. The number of nitrogens with zero attached hydrogens (tertiary/aromatic N) is 3. The van der Waals surface area contributed by atoms with Gasteiger partial charge in [0.05, 0.1) is 17.4 Å². The highest BCUT2D eigenvalue weighted by Crippen LogP contribution is 2.38. The quantitative estimate of drug-likeness (QED) is 0.340. The molecule has 1 unspecified atom stereocenters. The van der Waals surface area contributed by atoms with E-state index in [9.17, 15) is 15.3 Å². The van der Waals surface area contributed by atoms with Crippen LogP contribution in [0.4, 0.5) is 11.5 Å². The monoisotopic (exact) mass is 499 g/mol. The fraction of sp³-hybridized carbons (Fsp3) is 0.286. The van der Waals surface area contributed by atoms with E-state index in [2.05, 4.69) is 36.3 Å². The van der Waals surface area contributed by atoms with Crippen molar-refractivity contribution < 1.29 is 9.53 Å². The van der Waals surface area contributed by atoms with E-state index >= 15 is 0 Å². The number of nitrogens with one attached hydrogen (secondary N) is 1. The summed E-state index contributed by atoms with van der Waals surface area (Å²) in [5.74, 6) is 0.881. The Kier molecular flexibility index (Phi) is 8.94. The topological polar surface area (TPSA) is 125 Å². The lowest BCUT2D eigenvalue weighted by molar-refractivity contribution is -0.115. The number of carbonyl (C=O) groups excluding carboxylic acids is 1. The second-order valence-corrected chi connectivity index (χ2v) is 9.58. The van der Waals surface area contributed by atoms with Gasteiger partial charge in [-0.05, 0) is 54.7 Å². The molecule has 3 N–H and O–H groups in total. The highest BCUT2D eigenvalue weighted by Gasteiger charge is 2.25. The normalized spacial score (nSPS) is 11.4. The van der Waals surface area contributed by atoms with Crippen molar-refractivity contribution in [1.29, 1.82) is 10.5 Å². The van der Waals surface area contributed by atoms with E-state index in [-0.39, 0.29) is 22.9 Å². The molecule has 3 rings (SSSR count). The molecule has 184 valence electrons. The zero-order chi connectivity index (χ0) is 26.2. The van der Waals surface area contributed by atoms with Crippen molar-refractivity contribution in [1.82, 2.24) is 4.98 Å². The summed E-state index contributed by atoms with van der Waals surface area (Å²) in [7, 11) is 0. The molecule has 0 aliphatic rings. The molecule has 1 amide bonds. The second-order valence-electron chi connectivity index (χ2n) is 8.39. The summed E-state index contributed by atoms with van der Waals surface area (Å²) in [6.45, 7) is 8.55. The second kappa shape index (κ2) is 12.1. The van der Waals surface area contributed by atoms with Crippen LogP contribution in [0.25, 0.3) is 11.1 Å². The highest BCUT2D eigenvalue weighted by molar-refractivity contribution is 8.00. The van der Waals surface area contributed by atoms with Crippen molar-refractivity contribution in [2.24, 2.45) is 0 Å². The Morgan fingerprint density at radius 2 is 1.69 bits per heavy atom. The molecule has 0 bridgehead atoms. The molecule has 0 saturated heterocycles. The predicted molar refractivity (Wildman–Crippen MR) is 144 cm³/mol. The van der Waals surface area contributed by atoms with Gasteiger partial charge in [0.15, 0.2) is 0 Å². The van der Waals surface area contributed by atoms with Gasteiger partial charge >= 0.3 is 0 Å². The van der Waals surface area contributed by atoms with Crippen molar-refractivity contribution in [2.45, 2.75) is 50.3 Å². The van der Waals surface area contributed by atoms with Crippen molar-refractivity contribution in [2.75, 3.05) is 17.7 Å². The molecule has 1 heterocycles. The number of hydrogen-bond donors (Lipinski definition) is 2. The summed E-state index contributed by atoms with van der Waals surface area (Å²) in [5.41, 5.74) is 9.47. The maximum Gasteiger partial charge on any atom is 0.237 e. The molecule has 0 aliphatic heterocycles. The minimum Gasteiger partial charge on any atom is -0.494 e. The molecule has 8 heteroatoms. The van der Waals surface area contributed by atoms with Gasteiger partial charge in [0.1, 0.15) is 34.3 Å². The molecule has 1 aromatic heterocycles. The molecule has 0 radical (unpaired) electrons. The van der Waals surface area contributed by atoms with Crippen LogP contribution in [0.5, 0.6) is 5.75 Å². The number of pyridine rings is 1. The zero-order valence-electron chi connectivity index (χ0n) is 20.8. The van der Waals surface area contributed by atoms with Crippen LogP contribution in [0.15, 0.2) is 53.6 Å². The van der Waals surface area contributed by atoms with E-state index in [1.54, 1.807) is 24.3 Å². The number of carbonyl (C=O) groups is 1. The largest absolute Gasteiger partial charge is 0.494 e. The third-order valence-corrected chi connectivity index (χ3v) is 6.98. The minimum absolute atomic E-state index is 0.0312. The zero-order valence-corrected chi connectivity index (χ0v) is 21.6. The summed E-state index contributed by atoms with van der Waals surface area (Å²) in [6.07, 6.45) is 0.498. The summed E-state index contributed by atoms with van der Waals surface area (Å²) >= 11 is 1.17. The van der Waals surface area contributed by atoms with E-state index in [1.807, 2.05) is 38.1 Å². The Balaban J connectivity index is 1.95. The molecule has 3 aromatic rings. The molecular weight excluding hydrogens is 470 g/mol. The maximum atomic E-state index is 13.1. The first-order chi connectivity index (χ1) is 17.3. The molecule has 1 atom stereocenters. The Bertz CT molecular complexity index is 1310. The van der Waals surface area contributed by atoms with Crippen LogP contribution >= 0.6 is 11.8 Å². The SMILES string of the molecule is CCOc1ccc(NC(=O)C(CC)Sc2nc(N)c(C#N)c(-c3ccc(C(C)C)cc3)c2C#N)cc1. The number of hydrogen-bond acceptors (Lipinski definition) is 7. The number of aromatic nitrogens is 1. The van der Waals surface area contributed by atoms with Crippen molar-refractivity contribution in [3.05, 3.63) is 65.2 Å². The minimum atomic E-state index is -0.528. The lowest BCUT2D eigenvalue weighted by atomic mass is 9.94. The number of nitriles is 2. The summed E-state index contributed by atoms with van der Waals surface area (Å²) in [6, 6.07) is 19.2. The number of thioether (sulfide) groups is 1. The molecule has 7 nitrogen and oxygen atoms in total. The fourth-order valence-corrected chi connectivity index (χ4v) is 4.71. The third-order valence-electron chi connectivity index (χ3n) is 5.63. The molecule has 0 saturated carbocycles. The third kappa shape index (κ3) is 5.97. The van der Waals surface area contributed by atoms with E-state index in [0.29, 0.717) is 40.8 Å². The maximum absolute atomic E-state index is 13.1. The van der Waals surface area contributed by atoms with Gasteiger partial charge in [-0.3, -0.25) is 4.79 Å². The molecule has 0 aliphatic carbocycles.